The number of Topliss-reactive ketones (excluding diaryl/α,β-unsaturated/α-hetero) is 1. The predicted molar refractivity (Wildman–Crippen MR) is 60.6 cm³/mol. The first-order valence-corrected chi connectivity index (χ1v) is 5.75. The molecular formula is C10H14BrN3O. The second kappa shape index (κ2) is 3.42. The third-order valence-corrected chi connectivity index (χ3v) is 3.60. The second-order valence-corrected chi connectivity index (χ2v) is 5.21. The molecule has 2 rings (SSSR count). The van der Waals surface area contributed by atoms with Gasteiger partial charge < -0.3 is 5.73 Å². The van der Waals surface area contributed by atoms with E-state index in [0.717, 1.165) is 12.8 Å². The van der Waals surface area contributed by atoms with Crippen molar-refractivity contribution in [2.45, 2.75) is 25.3 Å². The Balaban J connectivity index is 2.35. The fraction of sp³-hybridized carbons (Fsp3) is 0.600. The number of carbonyl (C=O) groups excluding carboxylic acids is 1. The summed E-state index contributed by atoms with van der Waals surface area (Å²) >= 11 is 3.32. The highest BCUT2D eigenvalue weighted by Crippen LogP contribution is 2.40. The molecule has 2 N–H and O–H groups in total. The molecule has 0 amide bonds. The lowest BCUT2D eigenvalue weighted by Gasteiger charge is -2.22. The van der Waals surface area contributed by atoms with Gasteiger partial charge in [-0.25, -0.2) is 0 Å². The molecule has 0 bridgehead atoms. The summed E-state index contributed by atoms with van der Waals surface area (Å²) in [5.41, 5.74) is 5.89. The van der Waals surface area contributed by atoms with Crippen LogP contribution in [0.5, 0.6) is 0 Å². The van der Waals surface area contributed by atoms with Crippen molar-refractivity contribution < 1.29 is 4.79 Å². The van der Waals surface area contributed by atoms with Crippen molar-refractivity contribution in [3.8, 4) is 0 Å². The van der Waals surface area contributed by atoms with Crippen LogP contribution in [0.2, 0.25) is 0 Å². The highest BCUT2D eigenvalue weighted by atomic mass is 79.9. The Morgan fingerprint density at radius 3 is 2.73 bits per heavy atom. The molecule has 1 heterocycles. The molecule has 1 aromatic heterocycles. The van der Waals surface area contributed by atoms with Crippen LogP contribution >= 0.6 is 15.9 Å². The van der Waals surface area contributed by atoms with Crippen LogP contribution in [0.25, 0.3) is 0 Å². The minimum atomic E-state index is -0.754. The number of nitrogens with zero attached hydrogens (tertiary/aromatic N) is 2. The van der Waals surface area contributed by atoms with Crippen molar-refractivity contribution >= 4 is 21.7 Å². The summed E-state index contributed by atoms with van der Waals surface area (Å²) in [5, 5.41) is 4.02. The normalized spacial score (nSPS) is 20.0. The number of nitrogens with two attached hydrogens (primary N) is 1. The van der Waals surface area contributed by atoms with E-state index in [9.17, 15) is 4.79 Å². The van der Waals surface area contributed by atoms with Gasteiger partial charge in [0.05, 0.1) is 16.2 Å². The minimum absolute atomic E-state index is 0.0307. The first-order valence-electron chi connectivity index (χ1n) is 4.95. The second-order valence-electron chi connectivity index (χ2n) is 4.35. The summed E-state index contributed by atoms with van der Waals surface area (Å²) in [6.45, 7) is 1.81. The number of rotatable bonds is 3. The lowest BCUT2D eigenvalue weighted by Crippen LogP contribution is -2.47. The van der Waals surface area contributed by atoms with Gasteiger partial charge in [0.2, 0.25) is 5.78 Å². The highest BCUT2D eigenvalue weighted by Gasteiger charge is 2.45. The van der Waals surface area contributed by atoms with Crippen molar-refractivity contribution in [2.75, 3.05) is 0 Å². The summed E-state index contributed by atoms with van der Waals surface area (Å²) in [4.78, 5) is 12.2. The third-order valence-electron chi connectivity index (χ3n) is 3.02. The summed E-state index contributed by atoms with van der Waals surface area (Å²) in [5.74, 6) is 0.295. The lowest BCUT2D eigenvalue weighted by molar-refractivity contribution is 0.0872. The van der Waals surface area contributed by atoms with Crippen LogP contribution in [0.4, 0.5) is 0 Å². The van der Waals surface area contributed by atoms with E-state index < -0.39 is 5.54 Å². The van der Waals surface area contributed by atoms with Crippen LogP contribution in [-0.4, -0.2) is 21.1 Å². The van der Waals surface area contributed by atoms with Gasteiger partial charge in [0.25, 0.3) is 0 Å². The topological polar surface area (TPSA) is 60.9 Å². The van der Waals surface area contributed by atoms with Gasteiger partial charge in [0.1, 0.15) is 5.69 Å². The van der Waals surface area contributed by atoms with Gasteiger partial charge in [-0.15, -0.1) is 0 Å². The monoisotopic (exact) mass is 271 g/mol. The SMILES string of the molecule is Cn1ncc(Br)c1C(=O)C(C)(N)C1CC1. The van der Waals surface area contributed by atoms with Crippen LogP contribution in [0, 0.1) is 5.92 Å². The van der Waals surface area contributed by atoms with Gasteiger partial charge in [-0.3, -0.25) is 9.48 Å². The fourth-order valence-corrected chi connectivity index (χ4v) is 2.32. The Bertz CT molecular complexity index is 387. The smallest absolute Gasteiger partial charge is 0.201 e. The van der Waals surface area contributed by atoms with Crippen LogP contribution in [0.15, 0.2) is 10.7 Å². The van der Waals surface area contributed by atoms with E-state index in [0.29, 0.717) is 16.1 Å². The number of aromatic nitrogens is 2. The van der Waals surface area contributed by atoms with Gasteiger partial charge >= 0.3 is 0 Å². The Morgan fingerprint density at radius 2 is 2.33 bits per heavy atom. The molecule has 0 aromatic carbocycles. The van der Waals surface area contributed by atoms with Crippen LogP contribution in [0.3, 0.4) is 0 Å². The largest absolute Gasteiger partial charge is 0.319 e. The number of carbonyl (C=O) groups is 1. The zero-order chi connectivity index (χ0) is 11.2. The Morgan fingerprint density at radius 1 is 1.73 bits per heavy atom. The van der Waals surface area contributed by atoms with Crippen LogP contribution in [-0.2, 0) is 7.05 Å². The van der Waals surface area contributed by atoms with Crippen LogP contribution < -0.4 is 5.73 Å². The molecule has 1 fully saturated rings. The van der Waals surface area contributed by atoms with E-state index in [1.54, 1.807) is 17.9 Å². The molecule has 1 aromatic rings. The molecule has 0 radical (unpaired) electrons. The molecule has 15 heavy (non-hydrogen) atoms. The molecule has 1 aliphatic carbocycles. The molecule has 0 spiro atoms. The van der Waals surface area contributed by atoms with E-state index in [4.69, 9.17) is 5.73 Å². The van der Waals surface area contributed by atoms with Gasteiger partial charge in [0, 0.05) is 7.05 Å². The maximum atomic E-state index is 12.2. The number of hydrogen-bond acceptors (Lipinski definition) is 3. The molecule has 82 valence electrons. The van der Waals surface area contributed by atoms with Gasteiger partial charge in [-0.2, -0.15) is 5.10 Å². The van der Waals surface area contributed by atoms with Crippen molar-refractivity contribution in [1.82, 2.24) is 9.78 Å². The molecule has 1 unspecified atom stereocenters. The molecule has 0 aliphatic heterocycles. The quantitative estimate of drug-likeness (QED) is 0.848. The Hall–Kier alpha value is -0.680. The Labute approximate surface area is 97.0 Å². The number of halogens is 1. The van der Waals surface area contributed by atoms with Crippen molar-refractivity contribution in [1.29, 1.82) is 0 Å². The van der Waals surface area contributed by atoms with Gasteiger partial charge in [-0.1, -0.05) is 0 Å². The minimum Gasteiger partial charge on any atom is -0.319 e. The maximum Gasteiger partial charge on any atom is 0.201 e. The van der Waals surface area contributed by atoms with E-state index in [-0.39, 0.29) is 5.78 Å². The van der Waals surface area contributed by atoms with E-state index >= 15 is 0 Å². The molecule has 0 saturated heterocycles. The third kappa shape index (κ3) is 1.74. The molecule has 1 atom stereocenters. The maximum absolute atomic E-state index is 12.2. The molecule has 1 aliphatic rings. The van der Waals surface area contributed by atoms with Crippen molar-refractivity contribution in [3.63, 3.8) is 0 Å². The molecule has 1 saturated carbocycles. The van der Waals surface area contributed by atoms with E-state index in [1.807, 2.05) is 6.92 Å². The lowest BCUT2D eigenvalue weighted by atomic mass is 9.90. The first kappa shape index (κ1) is 10.8. The standard InChI is InChI=1S/C10H14BrN3O/c1-10(12,6-3-4-6)9(15)8-7(11)5-13-14(8)2/h5-6H,3-4,12H2,1-2H3. The number of hydrogen-bond donors (Lipinski definition) is 1. The Kier molecular flexibility index (Phi) is 2.47. The van der Waals surface area contributed by atoms with Gasteiger partial charge in [0.15, 0.2) is 0 Å². The van der Waals surface area contributed by atoms with E-state index in [2.05, 4.69) is 21.0 Å². The van der Waals surface area contributed by atoms with Crippen molar-refractivity contribution in [3.05, 3.63) is 16.4 Å². The first-order chi connectivity index (χ1) is 6.94. The molecular weight excluding hydrogens is 258 g/mol. The summed E-state index contributed by atoms with van der Waals surface area (Å²) in [7, 11) is 1.75. The molecule has 4 nitrogen and oxygen atoms in total. The zero-order valence-corrected chi connectivity index (χ0v) is 10.4. The summed E-state index contributed by atoms with van der Waals surface area (Å²) in [6.07, 6.45) is 3.72. The highest BCUT2D eigenvalue weighted by molar-refractivity contribution is 9.10. The average molecular weight is 272 g/mol. The number of ketones is 1. The average Bonchev–Trinajstić information content (AvgIpc) is 2.94. The fourth-order valence-electron chi connectivity index (χ4n) is 1.79. The molecule has 5 heteroatoms. The zero-order valence-electron chi connectivity index (χ0n) is 8.83. The van der Waals surface area contributed by atoms with E-state index in [1.165, 1.54) is 0 Å². The van der Waals surface area contributed by atoms with Crippen LogP contribution in [0.1, 0.15) is 30.3 Å². The number of aryl methyl sites for hydroxylation is 1. The predicted octanol–water partition coefficient (Wildman–Crippen LogP) is 1.49. The van der Waals surface area contributed by atoms with Crippen molar-refractivity contribution in [2.24, 2.45) is 18.7 Å². The summed E-state index contributed by atoms with van der Waals surface area (Å²) < 4.78 is 2.28. The van der Waals surface area contributed by atoms with Gasteiger partial charge in [-0.05, 0) is 41.6 Å². The summed E-state index contributed by atoms with van der Waals surface area (Å²) in [6, 6.07) is 0.